The number of rotatable bonds is 4. The van der Waals surface area contributed by atoms with E-state index in [1.165, 1.54) is 18.2 Å². The van der Waals surface area contributed by atoms with Crippen LogP contribution in [0.15, 0.2) is 65.7 Å². The Morgan fingerprint density at radius 3 is 2.70 bits per heavy atom. The quantitative estimate of drug-likeness (QED) is 0.479. The van der Waals surface area contributed by atoms with Gasteiger partial charge in [0.05, 0.1) is 16.1 Å². The molecule has 2 aromatic carbocycles. The number of aryl methyl sites for hydroxylation is 1. The molecule has 1 heterocycles. The van der Waals surface area contributed by atoms with Crippen molar-refractivity contribution in [1.82, 2.24) is 0 Å². The molecule has 30 heavy (non-hydrogen) atoms. The largest absolute Gasteiger partial charge is 0.507 e. The van der Waals surface area contributed by atoms with Gasteiger partial charge >= 0.3 is 6.18 Å². The lowest BCUT2D eigenvalue weighted by molar-refractivity contribution is -0.137. The maximum Gasteiger partial charge on any atom is 0.417 e. The minimum atomic E-state index is -4.61. The molecule has 0 aliphatic carbocycles. The lowest BCUT2D eigenvalue weighted by Crippen LogP contribution is -2.21. The van der Waals surface area contributed by atoms with Gasteiger partial charge in [-0.1, -0.05) is 47.5 Å². The topological polar surface area (TPSA) is 29.5 Å². The second-order valence-electron chi connectivity index (χ2n) is 6.77. The van der Waals surface area contributed by atoms with Gasteiger partial charge in [0, 0.05) is 5.03 Å². The summed E-state index contributed by atoms with van der Waals surface area (Å²) in [6.45, 7) is 1.86. The van der Waals surface area contributed by atoms with Crippen LogP contribution in [-0.4, -0.2) is 11.2 Å². The van der Waals surface area contributed by atoms with E-state index in [4.69, 9.17) is 27.9 Å². The van der Waals surface area contributed by atoms with E-state index in [9.17, 15) is 18.3 Å². The number of allylic oxidation sites excluding steroid dienone is 5. The van der Waals surface area contributed by atoms with Crippen LogP contribution in [0.3, 0.4) is 0 Å². The molecule has 2 nitrogen and oxygen atoms in total. The van der Waals surface area contributed by atoms with Crippen molar-refractivity contribution in [3.8, 4) is 22.6 Å². The average Bonchev–Trinajstić information content (AvgIpc) is 2.68. The van der Waals surface area contributed by atoms with Gasteiger partial charge in [-0.2, -0.15) is 13.2 Å². The molecule has 1 aliphatic heterocycles. The van der Waals surface area contributed by atoms with Gasteiger partial charge in [-0.05, 0) is 67.3 Å². The van der Waals surface area contributed by atoms with E-state index in [0.717, 1.165) is 11.6 Å². The Kier molecular flexibility index (Phi) is 6.84. The molecule has 0 saturated heterocycles. The molecular formula is C23H19Cl2F3O2. The van der Waals surface area contributed by atoms with E-state index in [1.807, 2.05) is 19.1 Å². The van der Waals surface area contributed by atoms with Crippen LogP contribution in [0.25, 0.3) is 11.1 Å². The number of ether oxygens (including phenoxy) is 1. The van der Waals surface area contributed by atoms with E-state index in [2.05, 4.69) is 0 Å². The molecule has 2 aromatic rings. The minimum absolute atomic E-state index is 0.162. The second kappa shape index (κ2) is 9.19. The van der Waals surface area contributed by atoms with Gasteiger partial charge < -0.3 is 9.84 Å². The fraction of sp³-hybridized carbons (Fsp3) is 0.217. The summed E-state index contributed by atoms with van der Waals surface area (Å²) >= 11 is 11.8. The first-order valence-electron chi connectivity index (χ1n) is 9.26. The number of aromatic hydroxyl groups is 1. The molecule has 1 atom stereocenters. The number of hydrogen-bond acceptors (Lipinski definition) is 2. The van der Waals surface area contributed by atoms with Crippen LogP contribution in [0.4, 0.5) is 13.2 Å². The predicted octanol–water partition coefficient (Wildman–Crippen LogP) is 7.68. The highest BCUT2D eigenvalue weighted by atomic mass is 35.5. The van der Waals surface area contributed by atoms with Crippen LogP contribution in [-0.2, 0) is 12.6 Å². The fourth-order valence-corrected chi connectivity index (χ4v) is 3.68. The van der Waals surface area contributed by atoms with Gasteiger partial charge in [0.15, 0.2) is 0 Å². The smallest absolute Gasteiger partial charge is 0.417 e. The Morgan fingerprint density at radius 2 is 2.00 bits per heavy atom. The van der Waals surface area contributed by atoms with Gasteiger partial charge in [-0.15, -0.1) is 0 Å². The van der Waals surface area contributed by atoms with E-state index >= 15 is 0 Å². The SMILES string of the molecule is C\C=C/C(Cl)=C\C=C\C1CCc2ccc(O)c(-c3ccc(Cl)c(C(F)(F)F)c3)c2O1. The molecule has 1 aliphatic rings. The molecule has 1 N–H and O–H groups in total. The summed E-state index contributed by atoms with van der Waals surface area (Å²) in [6.07, 6.45) is 5.31. The lowest BCUT2D eigenvalue weighted by Gasteiger charge is -2.27. The number of phenolic OH excluding ortho intramolecular Hbond substituents is 1. The highest BCUT2D eigenvalue weighted by Crippen LogP contribution is 2.46. The molecule has 0 fully saturated rings. The van der Waals surface area contributed by atoms with Crippen LogP contribution in [0.5, 0.6) is 11.5 Å². The Balaban J connectivity index is 1.99. The van der Waals surface area contributed by atoms with Crippen molar-refractivity contribution >= 4 is 23.2 Å². The Morgan fingerprint density at radius 1 is 1.23 bits per heavy atom. The van der Waals surface area contributed by atoms with Crippen molar-refractivity contribution in [2.24, 2.45) is 0 Å². The van der Waals surface area contributed by atoms with Gasteiger partial charge in [-0.3, -0.25) is 0 Å². The monoisotopic (exact) mass is 454 g/mol. The highest BCUT2D eigenvalue weighted by Gasteiger charge is 2.34. The number of alkyl halides is 3. The number of phenols is 1. The maximum atomic E-state index is 13.3. The zero-order valence-corrected chi connectivity index (χ0v) is 17.5. The van der Waals surface area contributed by atoms with Crippen molar-refractivity contribution in [3.63, 3.8) is 0 Å². The zero-order valence-electron chi connectivity index (χ0n) is 16.0. The Bertz CT molecular complexity index is 1020. The predicted molar refractivity (Wildman–Crippen MR) is 114 cm³/mol. The summed E-state index contributed by atoms with van der Waals surface area (Å²) in [5.41, 5.74) is 0.255. The first-order chi connectivity index (χ1) is 14.2. The molecule has 0 amide bonds. The van der Waals surface area contributed by atoms with E-state index in [-0.39, 0.29) is 23.0 Å². The lowest BCUT2D eigenvalue weighted by atomic mass is 9.94. The summed E-state index contributed by atoms with van der Waals surface area (Å²) < 4.78 is 45.9. The molecule has 0 spiro atoms. The molecule has 0 aromatic heterocycles. The molecule has 0 saturated carbocycles. The van der Waals surface area contributed by atoms with Crippen molar-refractivity contribution < 1.29 is 23.0 Å². The maximum absolute atomic E-state index is 13.3. The fourth-order valence-electron chi connectivity index (χ4n) is 3.25. The van der Waals surface area contributed by atoms with Gasteiger partial charge in [0.2, 0.25) is 0 Å². The zero-order chi connectivity index (χ0) is 21.9. The first-order valence-corrected chi connectivity index (χ1v) is 10.0. The third-order valence-electron chi connectivity index (χ3n) is 4.65. The molecule has 0 radical (unpaired) electrons. The highest BCUT2D eigenvalue weighted by molar-refractivity contribution is 6.31. The summed E-state index contributed by atoms with van der Waals surface area (Å²) in [6, 6.07) is 6.73. The number of halogens is 5. The van der Waals surface area contributed by atoms with Crippen molar-refractivity contribution in [3.05, 3.63) is 81.9 Å². The molecule has 158 valence electrons. The molecule has 3 rings (SSSR count). The Labute approximate surface area is 182 Å². The standard InChI is InChI=1S/C23H19Cl2F3O2/c1-2-4-16(24)5-3-6-17-10-7-14-9-12-20(29)21(22(14)30-17)15-8-11-19(25)18(13-15)23(26,27)28/h2-6,8-9,11-13,17,29H,7,10H2,1H3/b4-2-,6-3+,16-5+. The van der Waals surface area contributed by atoms with Crippen LogP contribution in [0.1, 0.15) is 24.5 Å². The summed E-state index contributed by atoms with van der Waals surface area (Å²) in [4.78, 5) is 0. The summed E-state index contributed by atoms with van der Waals surface area (Å²) in [5, 5.41) is 10.6. The van der Waals surface area contributed by atoms with E-state index < -0.39 is 16.8 Å². The average molecular weight is 455 g/mol. The molecular weight excluding hydrogens is 436 g/mol. The van der Waals surface area contributed by atoms with Gasteiger partial charge in [0.25, 0.3) is 0 Å². The molecule has 7 heteroatoms. The van der Waals surface area contributed by atoms with Crippen molar-refractivity contribution in [1.29, 1.82) is 0 Å². The first kappa shape index (κ1) is 22.3. The summed E-state index contributed by atoms with van der Waals surface area (Å²) in [5.74, 6) is 0.208. The van der Waals surface area contributed by atoms with E-state index in [0.29, 0.717) is 23.6 Å². The summed E-state index contributed by atoms with van der Waals surface area (Å²) in [7, 11) is 0. The van der Waals surface area contributed by atoms with Crippen LogP contribution in [0.2, 0.25) is 5.02 Å². The van der Waals surface area contributed by atoms with Gasteiger partial charge in [0.1, 0.15) is 17.6 Å². The van der Waals surface area contributed by atoms with Crippen molar-refractivity contribution in [2.45, 2.75) is 32.0 Å². The van der Waals surface area contributed by atoms with Gasteiger partial charge in [-0.25, -0.2) is 0 Å². The third-order valence-corrected chi connectivity index (χ3v) is 5.23. The number of benzene rings is 2. The minimum Gasteiger partial charge on any atom is -0.507 e. The normalized spacial score (nSPS) is 17.4. The van der Waals surface area contributed by atoms with E-state index in [1.54, 1.807) is 24.3 Å². The number of hydrogen-bond donors (Lipinski definition) is 1. The Hall–Kier alpha value is -2.37. The molecule has 1 unspecified atom stereocenters. The van der Waals surface area contributed by atoms with Crippen LogP contribution >= 0.6 is 23.2 Å². The third kappa shape index (κ3) is 5.02. The number of fused-ring (bicyclic) bond motifs is 1. The second-order valence-corrected chi connectivity index (χ2v) is 7.62. The van der Waals surface area contributed by atoms with Crippen LogP contribution in [0, 0.1) is 0 Å². The van der Waals surface area contributed by atoms with Crippen molar-refractivity contribution in [2.75, 3.05) is 0 Å². The molecule has 0 bridgehead atoms. The van der Waals surface area contributed by atoms with Crippen LogP contribution < -0.4 is 4.74 Å².